The third-order valence-corrected chi connectivity index (χ3v) is 4.80. The minimum absolute atomic E-state index is 0.232. The summed E-state index contributed by atoms with van der Waals surface area (Å²) < 4.78 is 6.59. The van der Waals surface area contributed by atoms with E-state index in [9.17, 15) is 9.59 Å². The number of aryl methyl sites for hydroxylation is 1. The van der Waals surface area contributed by atoms with Gasteiger partial charge in [-0.05, 0) is 45.5 Å². The molecule has 0 atom stereocenters. The Hall–Kier alpha value is -1.47. The van der Waals surface area contributed by atoms with Gasteiger partial charge in [0, 0.05) is 4.88 Å². The first kappa shape index (κ1) is 15.9. The summed E-state index contributed by atoms with van der Waals surface area (Å²) in [7, 11) is 0. The van der Waals surface area contributed by atoms with Gasteiger partial charge in [-0.25, -0.2) is 4.79 Å². The van der Waals surface area contributed by atoms with Crippen LogP contribution in [0, 0.1) is 4.77 Å². The van der Waals surface area contributed by atoms with Crippen LogP contribution in [0.3, 0.4) is 0 Å². The Balaban J connectivity index is 2.72. The summed E-state index contributed by atoms with van der Waals surface area (Å²) in [5.41, 5.74) is -1.41. The standard InChI is InChI=1S/C14H18N2O3S2/c1-5-8-7-9-10(21-8)15-13(20)16(11(9)17)14(3,4)12(18)19-6-2/h7H,5-6H2,1-4H3,(H,15,20). The lowest BCUT2D eigenvalue weighted by molar-refractivity contribution is -0.152. The number of esters is 1. The molecule has 0 spiro atoms. The number of thiophene rings is 1. The first-order chi connectivity index (χ1) is 9.82. The predicted molar refractivity (Wildman–Crippen MR) is 86.6 cm³/mol. The average Bonchev–Trinajstić information content (AvgIpc) is 2.82. The first-order valence-corrected chi connectivity index (χ1v) is 8.00. The summed E-state index contributed by atoms with van der Waals surface area (Å²) >= 11 is 6.78. The van der Waals surface area contributed by atoms with Crippen LogP contribution < -0.4 is 5.56 Å². The van der Waals surface area contributed by atoms with E-state index in [1.165, 1.54) is 15.9 Å². The lowest BCUT2D eigenvalue weighted by Gasteiger charge is -2.24. The highest BCUT2D eigenvalue weighted by Gasteiger charge is 2.34. The minimum Gasteiger partial charge on any atom is -0.464 e. The van der Waals surface area contributed by atoms with Gasteiger partial charge in [-0.15, -0.1) is 11.3 Å². The molecule has 0 aliphatic carbocycles. The maximum Gasteiger partial charge on any atom is 0.331 e. The van der Waals surface area contributed by atoms with E-state index >= 15 is 0 Å². The first-order valence-electron chi connectivity index (χ1n) is 6.78. The van der Waals surface area contributed by atoms with Gasteiger partial charge in [0.15, 0.2) is 4.77 Å². The fraction of sp³-hybridized carbons (Fsp3) is 0.500. The molecule has 2 rings (SSSR count). The van der Waals surface area contributed by atoms with Gasteiger partial charge >= 0.3 is 5.97 Å². The molecular formula is C14H18N2O3S2. The van der Waals surface area contributed by atoms with E-state index in [1.54, 1.807) is 20.8 Å². The molecule has 5 nitrogen and oxygen atoms in total. The Morgan fingerprint density at radius 2 is 2.14 bits per heavy atom. The van der Waals surface area contributed by atoms with Gasteiger partial charge < -0.3 is 9.72 Å². The SMILES string of the molecule is CCOC(=O)C(C)(C)n1c(=S)[nH]c2sc(CC)cc2c1=O. The van der Waals surface area contributed by atoms with Crippen LogP contribution in [0.25, 0.3) is 10.2 Å². The summed E-state index contributed by atoms with van der Waals surface area (Å²) in [6.07, 6.45) is 0.848. The molecule has 0 aliphatic heterocycles. The van der Waals surface area contributed by atoms with Crippen molar-refractivity contribution in [1.29, 1.82) is 0 Å². The van der Waals surface area contributed by atoms with Crippen LogP contribution in [-0.4, -0.2) is 22.1 Å². The number of hydrogen-bond donors (Lipinski definition) is 1. The molecule has 0 aromatic carbocycles. The topological polar surface area (TPSA) is 64.1 Å². The van der Waals surface area contributed by atoms with Crippen LogP contribution in [0.15, 0.2) is 10.9 Å². The van der Waals surface area contributed by atoms with E-state index in [4.69, 9.17) is 17.0 Å². The van der Waals surface area contributed by atoms with Crippen molar-refractivity contribution < 1.29 is 9.53 Å². The average molecular weight is 326 g/mol. The summed E-state index contributed by atoms with van der Waals surface area (Å²) in [4.78, 5) is 29.7. The second-order valence-corrected chi connectivity index (χ2v) is 6.68. The van der Waals surface area contributed by atoms with E-state index in [-0.39, 0.29) is 16.9 Å². The molecule has 0 saturated carbocycles. The third-order valence-electron chi connectivity index (χ3n) is 3.32. The van der Waals surface area contributed by atoms with Crippen molar-refractivity contribution >= 4 is 39.7 Å². The second kappa shape index (κ2) is 5.73. The van der Waals surface area contributed by atoms with Gasteiger partial charge in [-0.1, -0.05) is 6.92 Å². The smallest absolute Gasteiger partial charge is 0.331 e. The number of carbonyl (C=O) groups is 1. The highest BCUT2D eigenvalue weighted by atomic mass is 32.1. The van der Waals surface area contributed by atoms with Crippen LogP contribution in [-0.2, 0) is 21.5 Å². The maximum absolute atomic E-state index is 12.7. The Bertz CT molecular complexity index is 799. The number of carbonyl (C=O) groups excluding carboxylic acids is 1. The van der Waals surface area contributed by atoms with Crippen molar-refractivity contribution in [3.8, 4) is 0 Å². The van der Waals surface area contributed by atoms with Gasteiger partial charge in [-0.3, -0.25) is 9.36 Å². The zero-order chi connectivity index (χ0) is 15.8. The number of rotatable bonds is 4. The molecule has 2 heterocycles. The monoisotopic (exact) mass is 326 g/mol. The molecule has 0 unspecified atom stereocenters. The lowest BCUT2D eigenvalue weighted by atomic mass is 10.1. The Morgan fingerprint density at radius 1 is 1.48 bits per heavy atom. The highest BCUT2D eigenvalue weighted by molar-refractivity contribution is 7.71. The van der Waals surface area contributed by atoms with Gasteiger partial charge in [-0.2, -0.15) is 0 Å². The maximum atomic E-state index is 12.7. The molecule has 0 aliphatic rings. The number of nitrogens with one attached hydrogen (secondary N) is 1. The molecule has 21 heavy (non-hydrogen) atoms. The zero-order valence-electron chi connectivity index (χ0n) is 12.5. The molecule has 7 heteroatoms. The van der Waals surface area contributed by atoms with Crippen LogP contribution in [0.4, 0.5) is 0 Å². The van der Waals surface area contributed by atoms with Crippen molar-refractivity contribution in [2.75, 3.05) is 6.61 Å². The summed E-state index contributed by atoms with van der Waals surface area (Å²) in [5, 5.41) is 0.558. The van der Waals surface area contributed by atoms with Crippen molar-refractivity contribution in [1.82, 2.24) is 9.55 Å². The number of nitrogens with zero attached hydrogens (tertiary/aromatic N) is 1. The van der Waals surface area contributed by atoms with Crippen LogP contribution in [0.2, 0.25) is 0 Å². The minimum atomic E-state index is -1.15. The molecule has 0 amide bonds. The molecule has 0 fully saturated rings. The van der Waals surface area contributed by atoms with Gasteiger partial charge in [0.25, 0.3) is 5.56 Å². The van der Waals surface area contributed by atoms with E-state index in [1.807, 2.05) is 13.0 Å². The van der Waals surface area contributed by atoms with Gasteiger partial charge in [0.05, 0.1) is 12.0 Å². The predicted octanol–water partition coefficient (Wildman–Crippen LogP) is 2.98. The fourth-order valence-corrected chi connectivity index (χ4v) is 3.61. The Kier molecular flexibility index (Phi) is 4.34. The number of fused-ring (bicyclic) bond motifs is 1. The number of ether oxygens (including phenoxy) is 1. The second-order valence-electron chi connectivity index (χ2n) is 5.16. The summed E-state index contributed by atoms with van der Waals surface area (Å²) in [6, 6.07) is 1.85. The van der Waals surface area contributed by atoms with Crippen LogP contribution in [0.1, 0.15) is 32.6 Å². The number of H-pyrrole nitrogens is 1. The molecule has 0 radical (unpaired) electrons. The number of aromatic nitrogens is 2. The molecular weight excluding hydrogens is 308 g/mol. The fourth-order valence-electron chi connectivity index (χ4n) is 2.14. The van der Waals surface area contributed by atoms with Gasteiger partial charge in [0.2, 0.25) is 0 Å². The van der Waals surface area contributed by atoms with Crippen molar-refractivity contribution in [3.05, 3.63) is 26.1 Å². The Morgan fingerprint density at radius 3 is 2.71 bits per heavy atom. The van der Waals surface area contributed by atoms with E-state index in [2.05, 4.69) is 4.98 Å². The molecule has 0 bridgehead atoms. The zero-order valence-corrected chi connectivity index (χ0v) is 14.1. The molecule has 2 aromatic rings. The van der Waals surface area contributed by atoms with Crippen molar-refractivity contribution in [3.63, 3.8) is 0 Å². The summed E-state index contributed by atoms with van der Waals surface area (Å²) in [6.45, 7) is 7.28. The Labute approximate surface area is 131 Å². The summed E-state index contributed by atoms with van der Waals surface area (Å²) in [5.74, 6) is -0.475. The number of aromatic amines is 1. The van der Waals surface area contributed by atoms with Gasteiger partial charge in [0.1, 0.15) is 10.4 Å². The molecule has 2 aromatic heterocycles. The largest absolute Gasteiger partial charge is 0.464 e. The normalized spacial score (nSPS) is 11.8. The third kappa shape index (κ3) is 2.67. The van der Waals surface area contributed by atoms with Crippen LogP contribution >= 0.6 is 23.6 Å². The van der Waals surface area contributed by atoms with E-state index in [0.29, 0.717) is 5.39 Å². The van der Waals surface area contributed by atoms with Crippen molar-refractivity contribution in [2.24, 2.45) is 0 Å². The molecule has 0 saturated heterocycles. The molecule has 1 N–H and O–H groups in total. The highest BCUT2D eigenvalue weighted by Crippen LogP contribution is 2.23. The van der Waals surface area contributed by atoms with Crippen molar-refractivity contribution in [2.45, 2.75) is 39.7 Å². The van der Waals surface area contributed by atoms with E-state index < -0.39 is 11.5 Å². The lowest BCUT2D eigenvalue weighted by Crippen LogP contribution is -2.44. The van der Waals surface area contributed by atoms with E-state index in [0.717, 1.165) is 16.1 Å². The quantitative estimate of drug-likeness (QED) is 0.693. The molecule has 114 valence electrons. The van der Waals surface area contributed by atoms with Crippen LogP contribution in [0.5, 0.6) is 0 Å². The number of hydrogen-bond acceptors (Lipinski definition) is 5.